The lowest BCUT2D eigenvalue weighted by Crippen LogP contribution is -2.52. The Balaban J connectivity index is 0.00000300. The molecule has 1 fully saturated rings. The number of nitrogens with zero attached hydrogens (tertiary/aromatic N) is 5. The summed E-state index contributed by atoms with van der Waals surface area (Å²) in [4.78, 5) is 13.8. The number of hydrogen-bond acceptors (Lipinski definition) is 3. The first-order valence-corrected chi connectivity index (χ1v) is 10.4. The van der Waals surface area contributed by atoms with Gasteiger partial charge in [0.15, 0.2) is 5.96 Å². The van der Waals surface area contributed by atoms with E-state index in [-0.39, 0.29) is 24.0 Å². The zero-order valence-corrected chi connectivity index (χ0v) is 20.6. The maximum absolute atomic E-state index is 6.10. The highest BCUT2D eigenvalue weighted by molar-refractivity contribution is 14.0. The number of guanidine groups is 1. The van der Waals surface area contributed by atoms with Crippen LogP contribution in [0.4, 0.5) is 0 Å². The number of rotatable bonds is 6. The number of benzene rings is 1. The van der Waals surface area contributed by atoms with E-state index in [1.165, 1.54) is 5.56 Å². The highest BCUT2D eigenvalue weighted by atomic mass is 127. The Bertz CT molecular complexity index is 783. The third kappa shape index (κ3) is 7.15. The van der Waals surface area contributed by atoms with E-state index in [0.717, 1.165) is 56.1 Å². The summed E-state index contributed by atoms with van der Waals surface area (Å²) in [5.41, 5.74) is 1.26. The van der Waals surface area contributed by atoms with Crippen LogP contribution in [0.15, 0.2) is 41.7 Å². The van der Waals surface area contributed by atoms with Crippen LogP contribution in [0.1, 0.15) is 25.2 Å². The molecule has 0 spiro atoms. The smallest absolute Gasteiger partial charge is 0.194 e. The van der Waals surface area contributed by atoms with Crippen molar-refractivity contribution in [3.05, 3.63) is 53.1 Å². The minimum Gasteiger partial charge on any atom is -0.349 e. The summed E-state index contributed by atoms with van der Waals surface area (Å²) >= 11 is 6.10. The van der Waals surface area contributed by atoms with Crippen molar-refractivity contribution in [1.82, 2.24) is 24.7 Å². The van der Waals surface area contributed by atoms with E-state index < -0.39 is 0 Å². The third-order valence-electron chi connectivity index (χ3n) is 4.95. The molecule has 29 heavy (non-hydrogen) atoms. The molecule has 0 saturated carbocycles. The molecule has 2 heterocycles. The summed E-state index contributed by atoms with van der Waals surface area (Å²) in [6, 6.07) is 8.12. The highest BCUT2D eigenvalue weighted by Crippen LogP contribution is 2.14. The molecule has 1 aliphatic rings. The molecular formula is C21H32ClIN6. The normalized spacial score (nSPS) is 15.5. The van der Waals surface area contributed by atoms with Crippen molar-refractivity contribution in [1.29, 1.82) is 0 Å². The molecule has 160 valence electrons. The number of aromatic nitrogens is 2. The molecule has 0 radical (unpaired) electrons. The Morgan fingerprint density at radius 1 is 1.24 bits per heavy atom. The zero-order valence-electron chi connectivity index (χ0n) is 17.5. The molecule has 0 unspecified atom stereocenters. The van der Waals surface area contributed by atoms with Crippen LogP contribution in [-0.2, 0) is 19.6 Å². The molecule has 1 aromatic carbocycles. The van der Waals surface area contributed by atoms with Gasteiger partial charge in [-0.1, -0.05) is 37.6 Å². The van der Waals surface area contributed by atoms with Crippen LogP contribution in [0, 0.1) is 5.92 Å². The quantitative estimate of drug-likeness (QED) is 0.352. The summed E-state index contributed by atoms with van der Waals surface area (Å²) in [7, 11) is 1.85. The van der Waals surface area contributed by atoms with Crippen molar-refractivity contribution in [2.45, 2.75) is 33.5 Å². The van der Waals surface area contributed by atoms with E-state index >= 15 is 0 Å². The summed E-state index contributed by atoms with van der Waals surface area (Å²) in [5.74, 6) is 2.59. The average molecular weight is 531 g/mol. The molecule has 0 atom stereocenters. The topological polar surface area (TPSA) is 48.7 Å². The second kappa shape index (κ2) is 11.8. The fraction of sp³-hybridized carbons (Fsp3) is 0.524. The standard InChI is InChI=1S/C21H31ClN6.HI/c1-17(2)15-28-8-7-24-20(28)14-25-21(23-3)27-11-9-26(10-12-27)16-18-5-4-6-19(22)13-18;/h4-8,13,17H,9-12,14-16H2,1-3H3,(H,23,25);1H. The summed E-state index contributed by atoms with van der Waals surface area (Å²) in [6.45, 7) is 11.0. The van der Waals surface area contributed by atoms with Gasteiger partial charge in [0.05, 0.1) is 6.54 Å². The van der Waals surface area contributed by atoms with Crippen LogP contribution in [0.5, 0.6) is 0 Å². The molecule has 8 heteroatoms. The van der Waals surface area contributed by atoms with E-state index in [0.29, 0.717) is 12.5 Å². The largest absolute Gasteiger partial charge is 0.349 e. The molecule has 0 amide bonds. The average Bonchev–Trinajstić information content (AvgIpc) is 3.10. The van der Waals surface area contributed by atoms with Gasteiger partial charge in [0.2, 0.25) is 0 Å². The van der Waals surface area contributed by atoms with Gasteiger partial charge in [0.25, 0.3) is 0 Å². The van der Waals surface area contributed by atoms with Gasteiger partial charge in [-0.2, -0.15) is 0 Å². The zero-order chi connectivity index (χ0) is 19.9. The van der Waals surface area contributed by atoms with Gasteiger partial charge in [0, 0.05) is 63.7 Å². The van der Waals surface area contributed by atoms with Crippen molar-refractivity contribution in [3.8, 4) is 0 Å². The number of nitrogens with one attached hydrogen (secondary N) is 1. The SMILES string of the molecule is CN=C(NCc1nccn1CC(C)C)N1CCN(Cc2cccc(Cl)c2)CC1.I. The molecule has 1 saturated heterocycles. The van der Waals surface area contributed by atoms with Gasteiger partial charge in [-0.05, 0) is 23.6 Å². The maximum atomic E-state index is 6.10. The molecule has 3 rings (SSSR count). The Labute approximate surface area is 196 Å². The summed E-state index contributed by atoms with van der Waals surface area (Å²) in [6.07, 6.45) is 3.92. The number of aliphatic imine (C=N–C) groups is 1. The summed E-state index contributed by atoms with van der Waals surface area (Å²) in [5, 5.41) is 4.29. The lowest BCUT2D eigenvalue weighted by atomic mass is 10.2. The van der Waals surface area contributed by atoms with Gasteiger partial charge < -0.3 is 14.8 Å². The Kier molecular flexibility index (Phi) is 9.71. The van der Waals surface area contributed by atoms with E-state index in [4.69, 9.17) is 11.6 Å². The second-order valence-corrected chi connectivity index (χ2v) is 8.12. The van der Waals surface area contributed by atoms with Gasteiger partial charge >= 0.3 is 0 Å². The Morgan fingerprint density at radius 3 is 2.66 bits per heavy atom. The minimum absolute atomic E-state index is 0. The first-order chi connectivity index (χ1) is 13.5. The van der Waals surface area contributed by atoms with Gasteiger partial charge in [0.1, 0.15) is 5.82 Å². The van der Waals surface area contributed by atoms with Crippen LogP contribution in [0.25, 0.3) is 0 Å². The van der Waals surface area contributed by atoms with Crippen molar-refractivity contribution >= 4 is 41.5 Å². The second-order valence-electron chi connectivity index (χ2n) is 7.68. The first-order valence-electron chi connectivity index (χ1n) is 9.97. The van der Waals surface area contributed by atoms with Gasteiger partial charge in [-0.15, -0.1) is 24.0 Å². The van der Waals surface area contributed by atoms with Crippen LogP contribution in [0.2, 0.25) is 5.02 Å². The molecule has 1 aliphatic heterocycles. The predicted octanol–water partition coefficient (Wildman–Crippen LogP) is 3.70. The van der Waals surface area contributed by atoms with Crippen LogP contribution >= 0.6 is 35.6 Å². The van der Waals surface area contributed by atoms with Gasteiger partial charge in [-0.25, -0.2) is 4.98 Å². The molecular weight excluding hydrogens is 499 g/mol. The van der Waals surface area contributed by atoms with E-state index in [9.17, 15) is 0 Å². The Morgan fingerprint density at radius 2 is 2.00 bits per heavy atom. The fourth-order valence-corrected chi connectivity index (χ4v) is 3.78. The van der Waals surface area contributed by atoms with Crippen molar-refractivity contribution in [2.24, 2.45) is 10.9 Å². The molecule has 0 bridgehead atoms. The van der Waals surface area contributed by atoms with Crippen molar-refractivity contribution < 1.29 is 0 Å². The lowest BCUT2D eigenvalue weighted by Gasteiger charge is -2.36. The highest BCUT2D eigenvalue weighted by Gasteiger charge is 2.20. The van der Waals surface area contributed by atoms with E-state index in [2.05, 4.69) is 49.6 Å². The van der Waals surface area contributed by atoms with Crippen LogP contribution in [-0.4, -0.2) is 58.5 Å². The lowest BCUT2D eigenvalue weighted by molar-refractivity contribution is 0.172. The number of imidazole rings is 1. The molecule has 1 aromatic heterocycles. The number of piperazine rings is 1. The minimum atomic E-state index is 0. The molecule has 2 aromatic rings. The summed E-state index contributed by atoms with van der Waals surface area (Å²) < 4.78 is 2.22. The fourth-order valence-electron chi connectivity index (χ4n) is 3.57. The third-order valence-corrected chi connectivity index (χ3v) is 5.18. The van der Waals surface area contributed by atoms with Crippen molar-refractivity contribution in [3.63, 3.8) is 0 Å². The van der Waals surface area contributed by atoms with E-state index in [1.807, 2.05) is 37.6 Å². The first kappa shape index (κ1) is 24.0. The monoisotopic (exact) mass is 530 g/mol. The molecule has 6 nitrogen and oxygen atoms in total. The number of hydrogen-bond donors (Lipinski definition) is 1. The van der Waals surface area contributed by atoms with Crippen LogP contribution in [0.3, 0.4) is 0 Å². The van der Waals surface area contributed by atoms with Gasteiger partial charge in [-0.3, -0.25) is 9.89 Å². The van der Waals surface area contributed by atoms with E-state index in [1.54, 1.807) is 0 Å². The Hall–Kier alpha value is -1.32. The van der Waals surface area contributed by atoms with Crippen molar-refractivity contribution in [2.75, 3.05) is 33.2 Å². The molecule has 0 aliphatic carbocycles. The predicted molar refractivity (Wildman–Crippen MR) is 131 cm³/mol. The maximum Gasteiger partial charge on any atom is 0.194 e. The van der Waals surface area contributed by atoms with Crippen LogP contribution < -0.4 is 5.32 Å². The molecule has 1 N–H and O–H groups in total. The number of halogens is 2.